The molecule has 1 heterocycles. The smallest absolute Gasteiger partial charge is 0.162 e. The van der Waals surface area contributed by atoms with Crippen LogP contribution in [0, 0.1) is 17.1 Å². The van der Waals surface area contributed by atoms with Crippen molar-refractivity contribution in [3.63, 3.8) is 0 Å². The molecule has 0 aliphatic rings. The van der Waals surface area contributed by atoms with Gasteiger partial charge in [0, 0.05) is 11.8 Å². The zero-order valence-corrected chi connectivity index (χ0v) is 12.4. The number of carbonyl (C=O) groups excluding carboxylic acids is 1. The fraction of sp³-hybridized carbons (Fsp3) is 0.125. The van der Waals surface area contributed by atoms with Crippen LogP contribution < -0.4 is 5.73 Å². The Morgan fingerprint density at radius 2 is 2.35 bits per heavy atom. The third-order valence-electron chi connectivity index (χ3n) is 2.98. The second-order valence-electron chi connectivity index (χ2n) is 4.72. The van der Waals surface area contributed by atoms with E-state index in [1.54, 1.807) is 16.8 Å². The number of nitrogens with zero attached hydrogens (tertiary/aromatic N) is 4. The molecule has 2 aromatic rings. The van der Waals surface area contributed by atoms with E-state index in [9.17, 15) is 9.18 Å². The van der Waals surface area contributed by atoms with Gasteiger partial charge in [-0.05, 0) is 37.4 Å². The molecule has 0 fully saturated rings. The van der Waals surface area contributed by atoms with Gasteiger partial charge in [-0.1, -0.05) is 0 Å². The molecule has 0 radical (unpaired) electrons. The van der Waals surface area contributed by atoms with Crippen molar-refractivity contribution in [2.45, 2.75) is 13.5 Å². The Balaban J connectivity index is 2.39. The number of carbonyl (C=O) groups is 1. The van der Waals surface area contributed by atoms with Gasteiger partial charge in [-0.15, -0.1) is 0 Å². The Kier molecular flexibility index (Phi) is 5.00. The van der Waals surface area contributed by atoms with E-state index in [-0.39, 0.29) is 17.0 Å². The molecule has 0 amide bonds. The van der Waals surface area contributed by atoms with Crippen LogP contribution in [-0.4, -0.2) is 21.0 Å². The van der Waals surface area contributed by atoms with Crippen molar-refractivity contribution < 1.29 is 9.18 Å². The van der Waals surface area contributed by atoms with Gasteiger partial charge in [0.15, 0.2) is 11.5 Å². The number of allylic oxidation sites excluding steroid dienone is 1. The summed E-state index contributed by atoms with van der Waals surface area (Å²) in [5.41, 5.74) is 6.79. The number of ketones is 1. The number of benzene rings is 1. The monoisotopic (exact) mass is 311 g/mol. The molecule has 2 rings (SSSR count). The summed E-state index contributed by atoms with van der Waals surface area (Å²) in [7, 11) is 0. The standard InChI is InChI=1S/C16H14FN5O/c1-11(23)15-6-12(17)2-3-16(15)21-13(4-5-18)8-22-9-14(7-19)20-10-22/h2-6,9-10H,8,18H2,1H3. The lowest BCUT2D eigenvalue weighted by atomic mass is 10.1. The van der Waals surface area contributed by atoms with E-state index in [0.717, 1.165) is 6.07 Å². The van der Waals surface area contributed by atoms with Crippen LogP contribution in [0.3, 0.4) is 0 Å². The molecular weight excluding hydrogens is 297 g/mol. The first-order valence-corrected chi connectivity index (χ1v) is 6.71. The predicted octanol–water partition coefficient (Wildman–Crippen LogP) is 2.34. The molecule has 6 nitrogen and oxygen atoms in total. The molecule has 116 valence electrons. The Labute approximate surface area is 132 Å². The third kappa shape index (κ3) is 4.11. The number of nitrogens with two attached hydrogens (primary N) is 1. The first kappa shape index (κ1) is 16.1. The molecule has 0 bridgehead atoms. The maximum absolute atomic E-state index is 13.3. The van der Waals surface area contributed by atoms with Crippen LogP contribution >= 0.6 is 0 Å². The van der Waals surface area contributed by atoms with Crippen molar-refractivity contribution in [3.8, 4) is 6.07 Å². The van der Waals surface area contributed by atoms with E-state index in [1.807, 2.05) is 6.07 Å². The van der Waals surface area contributed by atoms with Gasteiger partial charge >= 0.3 is 0 Å². The summed E-state index contributed by atoms with van der Waals surface area (Å²) in [5.74, 6) is -0.785. The van der Waals surface area contributed by atoms with Crippen LogP contribution in [0.4, 0.5) is 10.1 Å². The van der Waals surface area contributed by atoms with Crippen molar-refractivity contribution in [1.29, 1.82) is 5.26 Å². The molecule has 1 aromatic carbocycles. The molecule has 0 atom stereocenters. The highest BCUT2D eigenvalue weighted by Crippen LogP contribution is 2.21. The summed E-state index contributed by atoms with van der Waals surface area (Å²) in [5, 5.41) is 8.78. The number of hydrogen-bond acceptors (Lipinski definition) is 5. The van der Waals surface area contributed by atoms with Crippen LogP contribution in [0.25, 0.3) is 0 Å². The van der Waals surface area contributed by atoms with Gasteiger partial charge in [-0.3, -0.25) is 9.79 Å². The van der Waals surface area contributed by atoms with Crippen LogP contribution in [0.1, 0.15) is 23.0 Å². The number of rotatable bonds is 5. The Morgan fingerprint density at radius 3 is 2.96 bits per heavy atom. The number of halogens is 1. The first-order valence-electron chi connectivity index (χ1n) is 6.71. The molecule has 0 unspecified atom stereocenters. The topological polar surface area (TPSA) is 97.1 Å². The minimum absolute atomic E-state index is 0.191. The number of aliphatic imine (C=N–C) groups is 1. The maximum atomic E-state index is 13.3. The fourth-order valence-electron chi connectivity index (χ4n) is 1.97. The van der Waals surface area contributed by atoms with E-state index < -0.39 is 5.82 Å². The second-order valence-corrected chi connectivity index (χ2v) is 4.72. The summed E-state index contributed by atoms with van der Waals surface area (Å²) in [6, 6.07) is 5.75. The normalized spacial score (nSPS) is 11.6. The molecule has 0 saturated heterocycles. The van der Waals surface area contributed by atoms with Gasteiger partial charge in [0.05, 0.1) is 24.3 Å². The summed E-state index contributed by atoms with van der Waals surface area (Å²) in [6.45, 7) is 1.65. The van der Waals surface area contributed by atoms with E-state index in [4.69, 9.17) is 11.0 Å². The molecule has 0 aliphatic heterocycles. The molecule has 0 saturated carbocycles. The third-order valence-corrected chi connectivity index (χ3v) is 2.98. The van der Waals surface area contributed by atoms with E-state index in [2.05, 4.69) is 9.98 Å². The Hall–Kier alpha value is -3.27. The van der Waals surface area contributed by atoms with Crippen LogP contribution in [0.2, 0.25) is 0 Å². The number of aromatic nitrogens is 2. The van der Waals surface area contributed by atoms with Crippen molar-refractivity contribution in [1.82, 2.24) is 9.55 Å². The highest BCUT2D eigenvalue weighted by molar-refractivity contribution is 6.02. The first-order chi connectivity index (χ1) is 11.0. The molecule has 0 spiro atoms. The summed E-state index contributed by atoms with van der Waals surface area (Å²) >= 11 is 0. The second kappa shape index (κ2) is 7.13. The summed E-state index contributed by atoms with van der Waals surface area (Å²) < 4.78 is 15.0. The summed E-state index contributed by atoms with van der Waals surface area (Å²) in [4.78, 5) is 19.9. The van der Waals surface area contributed by atoms with Gasteiger partial charge in [0.25, 0.3) is 0 Å². The highest BCUT2D eigenvalue weighted by atomic mass is 19.1. The number of imidazole rings is 1. The molecule has 7 heteroatoms. The largest absolute Gasteiger partial charge is 0.405 e. The number of Topliss-reactive ketones (excluding diaryl/α,β-unsaturated/α-hetero) is 1. The number of nitriles is 1. The number of hydrogen-bond donors (Lipinski definition) is 1. The molecule has 2 N–H and O–H groups in total. The van der Waals surface area contributed by atoms with Crippen molar-refractivity contribution in [3.05, 3.63) is 60.1 Å². The fourth-order valence-corrected chi connectivity index (χ4v) is 1.97. The molecule has 0 aliphatic carbocycles. The maximum Gasteiger partial charge on any atom is 0.162 e. The lowest BCUT2D eigenvalue weighted by Crippen LogP contribution is -2.07. The minimum Gasteiger partial charge on any atom is -0.405 e. The molecule has 23 heavy (non-hydrogen) atoms. The van der Waals surface area contributed by atoms with Gasteiger partial charge < -0.3 is 10.3 Å². The lowest BCUT2D eigenvalue weighted by molar-refractivity contribution is 0.101. The lowest BCUT2D eigenvalue weighted by Gasteiger charge is -2.06. The Bertz CT molecular complexity index is 829. The van der Waals surface area contributed by atoms with Crippen LogP contribution in [0.5, 0.6) is 0 Å². The van der Waals surface area contributed by atoms with Gasteiger partial charge in [0.1, 0.15) is 11.9 Å². The SMILES string of the molecule is CC(=O)c1cc(F)ccc1N=C(C=CN)Cn1cnc(C#N)c1. The van der Waals surface area contributed by atoms with Crippen molar-refractivity contribution in [2.75, 3.05) is 0 Å². The van der Waals surface area contributed by atoms with Gasteiger partial charge in [0.2, 0.25) is 0 Å². The minimum atomic E-state index is -0.502. The average molecular weight is 311 g/mol. The average Bonchev–Trinajstić information content (AvgIpc) is 2.96. The quantitative estimate of drug-likeness (QED) is 0.677. The summed E-state index contributed by atoms with van der Waals surface area (Å²) in [6.07, 6.45) is 5.95. The highest BCUT2D eigenvalue weighted by Gasteiger charge is 2.09. The van der Waals surface area contributed by atoms with Gasteiger partial charge in [-0.2, -0.15) is 5.26 Å². The van der Waals surface area contributed by atoms with Crippen molar-refractivity contribution >= 4 is 17.2 Å². The van der Waals surface area contributed by atoms with Crippen LogP contribution in [-0.2, 0) is 6.54 Å². The van der Waals surface area contributed by atoms with E-state index in [1.165, 1.54) is 31.6 Å². The zero-order chi connectivity index (χ0) is 16.8. The van der Waals surface area contributed by atoms with Crippen molar-refractivity contribution in [2.24, 2.45) is 10.7 Å². The Morgan fingerprint density at radius 1 is 1.57 bits per heavy atom. The van der Waals surface area contributed by atoms with E-state index >= 15 is 0 Å². The molecular formula is C16H14FN5O. The predicted molar refractivity (Wildman–Crippen MR) is 83.8 cm³/mol. The van der Waals surface area contributed by atoms with Gasteiger partial charge in [-0.25, -0.2) is 9.37 Å². The van der Waals surface area contributed by atoms with E-state index in [0.29, 0.717) is 17.9 Å². The van der Waals surface area contributed by atoms with Crippen LogP contribution in [0.15, 0.2) is 48.0 Å². The zero-order valence-electron chi connectivity index (χ0n) is 12.4. The molecule has 1 aromatic heterocycles.